The Hall–Kier alpha value is -0.170. The maximum atomic E-state index is 11.0. The van der Waals surface area contributed by atoms with Gasteiger partial charge in [-0.2, -0.15) is 8.42 Å². The smallest absolute Gasteiger partial charge is 0.262 e. The van der Waals surface area contributed by atoms with Crippen LogP contribution >= 0.6 is 0 Å². The molecule has 5 nitrogen and oxygen atoms in total. The monoisotopic (exact) mass is 520 g/mol. The Morgan fingerprint density at radius 3 is 1.14 bits per heavy atom. The third-order valence-electron chi connectivity index (χ3n) is 7.38. The summed E-state index contributed by atoms with van der Waals surface area (Å²) >= 11 is 0. The third-order valence-corrected chi connectivity index (χ3v) is 7.62. The van der Waals surface area contributed by atoms with Crippen LogP contribution in [0.1, 0.15) is 175 Å². The summed E-state index contributed by atoms with van der Waals surface area (Å²) in [5, 5.41) is 0. The van der Waals surface area contributed by atoms with Crippen LogP contribution in [0.5, 0.6) is 0 Å². The highest BCUT2D eigenvalue weighted by Gasteiger charge is 2.32. The Kier molecular flexibility index (Phi) is 22.9. The van der Waals surface area contributed by atoms with E-state index in [2.05, 4.69) is 18.2 Å². The molecule has 0 saturated heterocycles. The third kappa shape index (κ3) is 23.9. The first kappa shape index (κ1) is 34.8. The van der Waals surface area contributed by atoms with Gasteiger partial charge in [0.25, 0.3) is 0 Å². The predicted octanol–water partition coefficient (Wildman–Crippen LogP) is 10.1. The molecule has 0 aromatic carbocycles. The number of unbranched alkanes of at least 4 members (excludes halogenated alkanes) is 19. The summed E-state index contributed by atoms with van der Waals surface area (Å²) in [7, 11) is -4.60. The quantitative estimate of drug-likeness (QED) is 0.0504. The highest BCUT2D eigenvalue weighted by Crippen LogP contribution is 2.32. The molecule has 35 heavy (non-hydrogen) atoms. The summed E-state index contributed by atoms with van der Waals surface area (Å²) in [4.78, 5) is 5.18. The number of hydrogen-bond acceptors (Lipinski definition) is 4. The molecular formula is C29H60O5S. The topological polar surface area (TPSA) is 72.8 Å². The molecule has 0 bridgehead atoms. The molecule has 1 unspecified atom stereocenters. The van der Waals surface area contributed by atoms with Gasteiger partial charge in [0, 0.05) is 0 Å². The molecule has 0 fully saturated rings. The standard InChI is InChI=1S/C29H60O5S/c1-5-7-9-11-12-13-14-15-16-17-18-19-20-21-23-25-27-28(26-24-22-10-8-6-2)29(3,4)33-34-35(30,31)32/h28H,5-27H2,1-4H3,(H,30,31,32). The largest absolute Gasteiger partial charge is 0.424 e. The van der Waals surface area contributed by atoms with E-state index in [4.69, 9.17) is 9.44 Å². The fourth-order valence-electron chi connectivity index (χ4n) is 4.97. The van der Waals surface area contributed by atoms with Crippen molar-refractivity contribution >= 4 is 10.4 Å². The van der Waals surface area contributed by atoms with E-state index in [1.165, 1.54) is 122 Å². The molecule has 0 radical (unpaired) electrons. The summed E-state index contributed by atoms with van der Waals surface area (Å²) < 4.78 is 35.1. The Labute approximate surface area is 219 Å². The maximum Gasteiger partial charge on any atom is 0.424 e. The van der Waals surface area contributed by atoms with Crippen molar-refractivity contribution in [3.05, 3.63) is 0 Å². The van der Waals surface area contributed by atoms with Gasteiger partial charge in [-0.1, -0.05) is 153 Å². The number of hydrogen-bond donors (Lipinski definition) is 1. The zero-order valence-electron chi connectivity index (χ0n) is 23.8. The molecule has 0 aliphatic rings. The van der Waals surface area contributed by atoms with Crippen molar-refractivity contribution in [2.24, 2.45) is 5.92 Å². The minimum atomic E-state index is -4.60. The molecule has 0 spiro atoms. The summed E-state index contributed by atoms with van der Waals surface area (Å²) in [6.45, 7) is 8.21. The Morgan fingerprint density at radius 2 is 0.857 bits per heavy atom. The lowest BCUT2D eigenvalue weighted by Crippen LogP contribution is -2.35. The van der Waals surface area contributed by atoms with Crippen LogP contribution in [0.3, 0.4) is 0 Å². The van der Waals surface area contributed by atoms with E-state index in [9.17, 15) is 8.42 Å². The number of rotatable bonds is 27. The van der Waals surface area contributed by atoms with Gasteiger partial charge >= 0.3 is 10.4 Å². The molecule has 0 heterocycles. The van der Waals surface area contributed by atoms with Gasteiger partial charge in [-0.15, -0.1) is 0 Å². The zero-order valence-corrected chi connectivity index (χ0v) is 24.6. The summed E-state index contributed by atoms with van der Waals surface area (Å²) in [5.74, 6) is 0.206. The van der Waals surface area contributed by atoms with Crippen molar-refractivity contribution in [1.82, 2.24) is 0 Å². The second-order valence-corrected chi connectivity index (χ2v) is 12.2. The van der Waals surface area contributed by atoms with Crippen LogP contribution in [0.25, 0.3) is 0 Å². The molecular weight excluding hydrogens is 460 g/mol. The minimum absolute atomic E-state index is 0.206. The fraction of sp³-hybridized carbons (Fsp3) is 1.00. The molecule has 0 aromatic heterocycles. The van der Waals surface area contributed by atoms with Crippen molar-refractivity contribution in [3.8, 4) is 0 Å². The highest BCUT2D eigenvalue weighted by atomic mass is 32.3. The molecule has 1 N–H and O–H groups in total. The van der Waals surface area contributed by atoms with E-state index >= 15 is 0 Å². The average molecular weight is 521 g/mol. The average Bonchev–Trinajstić information content (AvgIpc) is 2.80. The predicted molar refractivity (Wildman–Crippen MR) is 149 cm³/mol. The van der Waals surface area contributed by atoms with Crippen LogP contribution in [0.15, 0.2) is 0 Å². The SMILES string of the molecule is CCCCCCCCCCCCCCCCCCC(CCCCCCC)C(C)(C)OOS(=O)(=O)O. The molecule has 212 valence electrons. The van der Waals surface area contributed by atoms with Gasteiger partial charge in [0.1, 0.15) is 5.60 Å². The first-order valence-electron chi connectivity index (χ1n) is 15.1. The van der Waals surface area contributed by atoms with Crippen molar-refractivity contribution in [3.63, 3.8) is 0 Å². The van der Waals surface area contributed by atoms with Gasteiger partial charge in [-0.25, -0.2) is 4.89 Å². The van der Waals surface area contributed by atoms with E-state index in [0.29, 0.717) is 0 Å². The van der Waals surface area contributed by atoms with Crippen molar-refractivity contribution in [1.29, 1.82) is 0 Å². The molecule has 0 aromatic rings. The molecule has 0 saturated carbocycles. The summed E-state index contributed by atoms with van der Waals surface area (Å²) in [6.07, 6.45) is 29.7. The maximum absolute atomic E-state index is 11.0. The van der Waals surface area contributed by atoms with Crippen molar-refractivity contribution in [2.75, 3.05) is 0 Å². The molecule has 0 aliphatic heterocycles. The van der Waals surface area contributed by atoms with E-state index < -0.39 is 16.0 Å². The van der Waals surface area contributed by atoms with Crippen LogP contribution in [0.4, 0.5) is 0 Å². The van der Waals surface area contributed by atoms with Crippen LogP contribution in [0, 0.1) is 5.92 Å². The molecule has 0 rings (SSSR count). The van der Waals surface area contributed by atoms with Gasteiger partial charge in [-0.05, 0) is 32.6 Å². The van der Waals surface area contributed by atoms with Crippen LogP contribution in [-0.2, 0) is 19.6 Å². The second kappa shape index (κ2) is 23.0. The summed E-state index contributed by atoms with van der Waals surface area (Å²) in [6, 6.07) is 0. The lowest BCUT2D eigenvalue weighted by atomic mass is 9.82. The van der Waals surface area contributed by atoms with Crippen LogP contribution < -0.4 is 0 Å². The van der Waals surface area contributed by atoms with E-state index in [0.717, 1.165) is 25.7 Å². The zero-order chi connectivity index (χ0) is 26.3. The Bertz CT molecular complexity index is 547. The van der Waals surface area contributed by atoms with Crippen molar-refractivity contribution < 1.29 is 22.2 Å². The summed E-state index contributed by atoms with van der Waals surface area (Å²) in [5.41, 5.74) is -0.754. The first-order valence-corrected chi connectivity index (χ1v) is 16.4. The van der Waals surface area contributed by atoms with Crippen LogP contribution in [-0.4, -0.2) is 18.6 Å². The lowest BCUT2D eigenvalue weighted by molar-refractivity contribution is -0.298. The van der Waals surface area contributed by atoms with E-state index in [-0.39, 0.29) is 5.92 Å². The fourth-order valence-corrected chi connectivity index (χ4v) is 5.23. The van der Waals surface area contributed by atoms with Gasteiger partial charge < -0.3 is 0 Å². The molecule has 1 atom stereocenters. The van der Waals surface area contributed by atoms with Gasteiger partial charge in [0.05, 0.1) is 0 Å². The normalized spacial score (nSPS) is 13.4. The molecule has 6 heteroatoms. The van der Waals surface area contributed by atoms with Crippen molar-refractivity contribution in [2.45, 2.75) is 181 Å². The molecule has 0 aliphatic carbocycles. The highest BCUT2D eigenvalue weighted by molar-refractivity contribution is 7.80. The van der Waals surface area contributed by atoms with Gasteiger partial charge in [0.2, 0.25) is 0 Å². The first-order chi connectivity index (χ1) is 16.7. The van der Waals surface area contributed by atoms with E-state index in [1.54, 1.807) is 0 Å². The second-order valence-electron chi connectivity index (χ2n) is 11.2. The minimum Gasteiger partial charge on any atom is -0.262 e. The Morgan fingerprint density at radius 1 is 0.571 bits per heavy atom. The van der Waals surface area contributed by atoms with Gasteiger partial charge in [0.15, 0.2) is 0 Å². The molecule has 0 amide bonds. The van der Waals surface area contributed by atoms with Crippen LogP contribution in [0.2, 0.25) is 0 Å². The Balaban J connectivity index is 3.93. The van der Waals surface area contributed by atoms with Gasteiger partial charge in [-0.3, -0.25) is 4.55 Å². The lowest BCUT2D eigenvalue weighted by Gasteiger charge is -2.32. The van der Waals surface area contributed by atoms with E-state index in [1.807, 2.05) is 13.8 Å².